The third-order valence-corrected chi connectivity index (χ3v) is 3.36. The van der Waals surface area contributed by atoms with Crippen molar-refractivity contribution in [1.82, 2.24) is 0 Å². The molecule has 2 aromatic rings. The summed E-state index contributed by atoms with van der Waals surface area (Å²) in [6, 6.07) is 11.6. The molecule has 6 nitrogen and oxygen atoms in total. The number of methoxy groups -OCH3 is 3. The summed E-state index contributed by atoms with van der Waals surface area (Å²) < 4.78 is 20.6. The zero-order valence-corrected chi connectivity index (χ0v) is 13.7. The Labute approximate surface area is 139 Å². The van der Waals surface area contributed by atoms with E-state index in [9.17, 15) is 9.59 Å². The van der Waals surface area contributed by atoms with Gasteiger partial charge in [0.15, 0.2) is 18.1 Å². The standard InChI is InChI=1S/C18H18O6/c1-21-15-9-5-4-7-12(15)14(19)11-24-18(20)13-8-6-10-16(22-2)17(13)23-3/h4-10H,11H2,1-3H3. The molecule has 6 heteroatoms. The van der Waals surface area contributed by atoms with Crippen LogP contribution in [0, 0.1) is 0 Å². The molecule has 126 valence electrons. The molecular formula is C18H18O6. The second-order valence-corrected chi connectivity index (χ2v) is 4.74. The van der Waals surface area contributed by atoms with E-state index in [4.69, 9.17) is 18.9 Å². The van der Waals surface area contributed by atoms with Gasteiger partial charge in [0.25, 0.3) is 0 Å². The third-order valence-electron chi connectivity index (χ3n) is 3.36. The number of esters is 1. The quantitative estimate of drug-likeness (QED) is 0.574. The van der Waals surface area contributed by atoms with E-state index in [0.29, 0.717) is 17.1 Å². The summed E-state index contributed by atoms with van der Waals surface area (Å²) in [7, 11) is 4.37. The molecule has 0 saturated heterocycles. The van der Waals surface area contributed by atoms with Gasteiger partial charge in [0.1, 0.15) is 11.3 Å². The first kappa shape index (κ1) is 17.3. The summed E-state index contributed by atoms with van der Waals surface area (Å²) in [5.74, 6) is 0.0620. The Morgan fingerprint density at radius 2 is 1.42 bits per heavy atom. The van der Waals surface area contributed by atoms with Crippen LogP contribution in [-0.2, 0) is 4.74 Å². The number of carbonyl (C=O) groups is 2. The average molecular weight is 330 g/mol. The monoisotopic (exact) mass is 330 g/mol. The van der Waals surface area contributed by atoms with E-state index in [-0.39, 0.29) is 17.1 Å². The Morgan fingerprint density at radius 3 is 2.08 bits per heavy atom. The number of hydrogen-bond acceptors (Lipinski definition) is 6. The third kappa shape index (κ3) is 3.65. The fraction of sp³-hybridized carbons (Fsp3) is 0.222. The molecule has 0 aromatic heterocycles. The van der Waals surface area contributed by atoms with Crippen molar-refractivity contribution < 1.29 is 28.5 Å². The van der Waals surface area contributed by atoms with E-state index in [2.05, 4.69) is 0 Å². The Morgan fingerprint density at radius 1 is 0.792 bits per heavy atom. The highest BCUT2D eigenvalue weighted by molar-refractivity contribution is 6.01. The van der Waals surface area contributed by atoms with Crippen LogP contribution in [0.5, 0.6) is 17.2 Å². The van der Waals surface area contributed by atoms with E-state index in [1.807, 2.05) is 0 Å². The van der Waals surface area contributed by atoms with Gasteiger partial charge in [0.2, 0.25) is 5.78 Å². The van der Waals surface area contributed by atoms with Gasteiger partial charge in [0, 0.05) is 0 Å². The topological polar surface area (TPSA) is 71.1 Å². The van der Waals surface area contributed by atoms with Gasteiger partial charge in [-0.1, -0.05) is 18.2 Å². The molecule has 0 aliphatic heterocycles. The van der Waals surface area contributed by atoms with Crippen molar-refractivity contribution >= 4 is 11.8 Å². The van der Waals surface area contributed by atoms with Crippen molar-refractivity contribution in [2.24, 2.45) is 0 Å². The molecule has 24 heavy (non-hydrogen) atoms. The number of rotatable bonds is 7. The van der Waals surface area contributed by atoms with Crippen LogP contribution in [0.2, 0.25) is 0 Å². The fourth-order valence-corrected chi connectivity index (χ4v) is 2.21. The second-order valence-electron chi connectivity index (χ2n) is 4.74. The van der Waals surface area contributed by atoms with Crippen LogP contribution in [0.15, 0.2) is 42.5 Å². The highest BCUT2D eigenvalue weighted by atomic mass is 16.5. The molecule has 2 aromatic carbocycles. The molecule has 0 radical (unpaired) electrons. The molecule has 0 fully saturated rings. The normalized spacial score (nSPS) is 9.96. The van der Waals surface area contributed by atoms with Crippen LogP contribution in [0.4, 0.5) is 0 Å². The van der Waals surface area contributed by atoms with Gasteiger partial charge in [0.05, 0.1) is 26.9 Å². The summed E-state index contributed by atoms with van der Waals surface area (Å²) in [4.78, 5) is 24.5. The molecule has 0 N–H and O–H groups in total. The van der Waals surface area contributed by atoms with Gasteiger partial charge in [-0.3, -0.25) is 4.79 Å². The molecule has 0 bridgehead atoms. The van der Waals surface area contributed by atoms with Crippen molar-refractivity contribution in [2.45, 2.75) is 0 Å². The highest BCUT2D eigenvalue weighted by Gasteiger charge is 2.20. The maximum Gasteiger partial charge on any atom is 0.342 e. The maximum absolute atomic E-state index is 12.2. The molecule has 0 spiro atoms. The maximum atomic E-state index is 12.2. The summed E-state index contributed by atoms with van der Waals surface area (Å²) >= 11 is 0. The molecule has 2 rings (SSSR count). The van der Waals surface area contributed by atoms with E-state index in [0.717, 1.165) is 0 Å². The predicted octanol–water partition coefficient (Wildman–Crippen LogP) is 2.75. The number of Topliss-reactive ketones (excluding diaryl/α,β-unsaturated/α-hetero) is 1. The van der Waals surface area contributed by atoms with Crippen molar-refractivity contribution in [2.75, 3.05) is 27.9 Å². The molecule has 0 saturated carbocycles. The number of hydrogen-bond donors (Lipinski definition) is 0. The lowest BCUT2D eigenvalue weighted by Gasteiger charge is -2.12. The number of benzene rings is 2. The van der Waals surface area contributed by atoms with E-state index < -0.39 is 12.6 Å². The van der Waals surface area contributed by atoms with Gasteiger partial charge in [-0.15, -0.1) is 0 Å². The minimum Gasteiger partial charge on any atom is -0.496 e. The molecule has 0 aliphatic rings. The molecule has 0 heterocycles. The van der Waals surface area contributed by atoms with E-state index in [1.165, 1.54) is 27.4 Å². The first-order valence-corrected chi connectivity index (χ1v) is 7.16. The molecular weight excluding hydrogens is 312 g/mol. The van der Waals surface area contributed by atoms with Crippen LogP contribution < -0.4 is 14.2 Å². The largest absolute Gasteiger partial charge is 0.496 e. The van der Waals surface area contributed by atoms with Crippen molar-refractivity contribution in [3.63, 3.8) is 0 Å². The van der Waals surface area contributed by atoms with E-state index >= 15 is 0 Å². The smallest absolute Gasteiger partial charge is 0.342 e. The fourth-order valence-electron chi connectivity index (χ4n) is 2.21. The number of carbonyl (C=O) groups excluding carboxylic acids is 2. The van der Waals surface area contributed by atoms with Gasteiger partial charge in [-0.05, 0) is 24.3 Å². The lowest BCUT2D eigenvalue weighted by Crippen LogP contribution is -2.15. The Bertz CT molecular complexity index is 738. The van der Waals surface area contributed by atoms with Crippen molar-refractivity contribution in [3.05, 3.63) is 53.6 Å². The SMILES string of the molecule is COc1ccccc1C(=O)COC(=O)c1cccc(OC)c1OC. The molecule has 0 amide bonds. The van der Waals surface area contributed by atoms with Crippen molar-refractivity contribution in [3.8, 4) is 17.2 Å². The van der Waals surface area contributed by atoms with Gasteiger partial charge < -0.3 is 18.9 Å². The lowest BCUT2D eigenvalue weighted by molar-refractivity contribution is 0.0470. The molecule has 0 atom stereocenters. The Hall–Kier alpha value is -3.02. The van der Waals surface area contributed by atoms with Crippen LogP contribution in [0.25, 0.3) is 0 Å². The summed E-state index contributed by atoms with van der Waals surface area (Å²) in [6.45, 7) is -0.403. The second kappa shape index (κ2) is 8.01. The first-order valence-electron chi connectivity index (χ1n) is 7.16. The average Bonchev–Trinajstić information content (AvgIpc) is 2.64. The van der Waals surface area contributed by atoms with Crippen molar-refractivity contribution in [1.29, 1.82) is 0 Å². The summed E-state index contributed by atoms with van der Waals surface area (Å²) in [6.07, 6.45) is 0. The Balaban J connectivity index is 2.12. The van der Waals surface area contributed by atoms with Crippen LogP contribution >= 0.6 is 0 Å². The number of para-hydroxylation sites is 2. The zero-order valence-electron chi connectivity index (χ0n) is 13.7. The van der Waals surface area contributed by atoms with E-state index in [1.54, 1.807) is 36.4 Å². The molecule has 0 unspecified atom stereocenters. The number of ether oxygens (including phenoxy) is 4. The predicted molar refractivity (Wildman–Crippen MR) is 87.2 cm³/mol. The summed E-state index contributed by atoms with van der Waals surface area (Å²) in [5, 5.41) is 0. The summed E-state index contributed by atoms with van der Waals surface area (Å²) in [5.41, 5.74) is 0.537. The highest BCUT2D eigenvalue weighted by Crippen LogP contribution is 2.31. The van der Waals surface area contributed by atoms with Crippen LogP contribution in [-0.4, -0.2) is 39.7 Å². The van der Waals surface area contributed by atoms with Crippen LogP contribution in [0.3, 0.4) is 0 Å². The number of ketones is 1. The lowest BCUT2D eigenvalue weighted by atomic mass is 10.1. The zero-order chi connectivity index (χ0) is 17.5. The Kier molecular flexibility index (Phi) is 5.78. The first-order chi connectivity index (χ1) is 11.6. The molecule has 0 aliphatic carbocycles. The minimum atomic E-state index is -0.672. The van der Waals surface area contributed by atoms with Gasteiger partial charge in [-0.25, -0.2) is 4.79 Å². The van der Waals surface area contributed by atoms with Crippen LogP contribution in [0.1, 0.15) is 20.7 Å². The van der Waals surface area contributed by atoms with Gasteiger partial charge >= 0.3 is 5.97 Å². The minimum absolute atomic E-state index is 0.185. The van der Waals surface area contributed by atoms with Gasteiger partial charge in [-0.2, -0.15) is 0 Å².